The molecule has 0 aliphatic carbocycles. The van der Waals surface area contributed by atoms with Gasteiger partial charge in [-0.3, -0.25) is 0 Å². The lowest BCUT2D eigenvalue weighted by atomic mass is 10.0. The van der Waals surface area contributed by atoms with E-state index in [0.717, 1.165) is 33.0 Å². The maximum atomic E-state index is 9.66. The minimum Gasteiger partial charge on any atom is -0.508 e. The molecule has 0 saturated heterocycles. The minimum atomic E-state index is 0.275. The predicted octanol–water partition coefficient (Wildman–Crippen LogP) is 3.88. The van der Waals surface area contributed by atoms with Crippen LogP contribution in [0.15, 0.2) is 42.5 Å². The molecule has 2 N–H and O–H groups in total. The van der Waals surface area contributed by atoms with Gasteiger partial charge < -0.3 is 10.1 Å². The fourth-order valence-electron chi connectivity index (χ4n) is 2.77. The number of aromatic amines is 1. The molecule has 0 radical (unpaired) electrons. The largest absolute Gasteiger partial charge is 0.508 e. The highest BCUT2D eigenvalue weighted by Gasteiger charge is 2.11. The van der Waals surface area contributed by atoms with Gasteiger partial charge in [0.2, 0.25) is 0 Å². The number of rotatable bonds is 0. The molecule has 2 heterocycles. The maximum Gasteiger partial charge on any atom is 0.139 e. The first-order chi connectivity index (χ1) is 9.24. The minimum absolute atomic E-state index is 0.275. The van der Waals surface area contributed by atoms with E-state index < -0.39 is 0 Å². The highest BCUT2D eigenvalue weighted by Crippen LogP contribution is 2.32. The lowest BCUT2D eigenvalue weighted by Gasteiger charge is -2.04. The second-order valence-corrected chi connectivity index (χ2v) is 4.83. The Hall–Kier alpha value is -2.55. The van der Waals surface area contributed by atoms with E-state index in [4.69, 9.17) is 0 Å². The number of nitrogens with one attached hydrogen (secondary N) is 1. The summed E-state index contributed by atoms with van der Waals surface area (Å²) in [4.78, 5) is 8.00. The van der Waals surface area contributed by atoms with Gasteiger partial charge in [-0.1, -0.05) is 18.2 Å². The van der Waals surface area contributed by atoms with Gasteiger partial charge in [0, 0.05) is 21.7 Å². The van der Waals surface area contributed by atoms with E-state index in [1.54, 1.807) is 12.1 Å². The quantitative estimate of drug-likeness (QED) is 0.496. The molecule has 19 heavy (non-hydrogen) atoms. The summed E-state index contributed by atoms with van der Waals surface area (Å²) >= 11 is 0. The Morgan fingerprint density at radius 1 is 1.05 bits per heavy atom. The summed E-state index contributed by atoms with van der Waals surface area (Å²) in [6.45, 7) is 2.08. The predicted molar refractivity (Wildman–Crippen MR) is 77.5 cm³/mol. The van der Waals surface area contributed by atoms with E-state index >= 15 is 0 Å². The molecule has 0 saturated carbocycles. The van der Waals surface area contributed by atoms with Crippen LogP contribution < -0.4 is 0 Å². The van der Waals surface area contributed by atoms with Gasteiger partial charge in [-0.05, 0) is 36.8 Å². The van der Waals surface area contributed by atoms with Crippen LogP contribution in [0, 0.1) is 6.92 Å². The molecule has 92 valence electrons. The van der Waals surface area contributed by atoms with Gasteiger partial charge in [-0.15, -0.1) is 0 Å². The van der Waals surface area contributed by atoms with Crippen molar-refractivity contribution in [1.82, 2.24) is 9.97 Å². The fourth-order valence-corrected chi connectivity index (χ4v) is 2.77. The van der Waals surface area contributed by atoms with Crippen molar-refractivity contribution in [2.45, 2.75) is 6.92 Å². The van der Waals surface area contributed by atoms with Crippen LogP contribution in [0.25, 0.3) is 32.8 Å². The number of aromatic hydroxyl groups is 1. The lowest BCUT2D eigenvalue weighted by molar-refractivity contribution is 0.476. The summed E-state index contributed by atoms with van der Waals surface area (Å²) in [6.07, 6.45) is 0. The molecular weight excluding hydrogens is 236 g/mol. The van der Waals surface area contributed by atoms with Crippen molar-refractivity contribution in [2.75, 3.05) is 0 Å². The molecule has 0 bridgehead atoms. The summed E-state index contributed by atoms with van der Waals surface area (Å²) in [5.41, 5.74) is 4.03. The van der Waals surface area contributed by atoms with Crippen LogP contribution in [0.3, 0.4) is 0 Å². The fraction of sp³-hybridized carbons (Fsp3) is 0.0625. The van der Waals surface area contributed by atoms with Gasteiger partial charge >= 0.3 is 0 Å². The molecule has 0 unspecified atom stereocenters. The summed E-state index contributed by atoms with van der Waals surface area (Å²) in [7, 11) is 0. The van der Waals surface area contributed by atoms with Crippen LogP contribution in [-0.4, -0.2) is 15.1 Å². The highest BCUT2D eigenvalue weighted by molar-refractivity contribution is 6.12. The summed E-state index contributed by atoms with van der Waals surface area (Å²) in [5.74, 6) is 0.275. The monoisotopic (exact) mass is 248 g/mol. The van der Waals surface area contributed by atoms with E-state index in [1.807, 2.05) is 18.2 Å². The molecule has 0 spiro atoms. The Balaban J connectivity index is 2.31. The summed E-state index contributed by atoms with van der Waals surface area (Å²) in [6, 6.07) is 13.5. The van der Waals surface area contributed by atoms with E-state index in [-0.39, 0.29) is 5.75 Å². The van der Waals surface area contributed by atoms with Crippen LogP contribution in [-0.2, 0) is 0 Å². The number of para-hydroxylation sites is 1. The average molecular weight is 248 g/mol. The smallest absolute Gasteiger partial charge is 0.139 e. The number of pyridine rings is 1. The van der Waals surface area contributed by atoms with Crippen LogP contribution in [0.4, 0.5) is 0 Å². The van der Waals surface area contributed by atoms with Gasteiger partial charge in [-0.25, -0.2) is 4.98 Å². The Labute approximate surface area is 109 Å². The molecule has 4 aromatic rings. The van der Waals surface area contributed by atoms with Crippen LogP contribution in [0.2, 0.25) is 0 Å². The zero-order chi connectivity index (χ0) is 13.0. The summed E-state index contributed by atoms with van der Waals surface area (Å²) in [5, 5.41) is 13.0. The van der Waals surface area contributed by atoms with Gasteiger partial charge in [0.05, 0.1) is 5.52 Å². The number of aromatic nitrogens is 2. The molecule has 0 amide bonds. The number of aryl methyl sites for hydroxylation is 1. The van der Waals surface area contributed by atoms with Crippen LogP contribution in [0.5, 0.6) is 5.75 Å². The Morgan fingerprint density at radius 2 is 1.89 bits per heavy atom. The molecular formula is C16H12N2O. The maximum absolute atomic E-state index is 9.66. The molecule has 2 aromatic carbocycles. The van der Waals surface area contributed by atoms with Crippen molar-refractivity contribution < 1.29 is 5.11 Å². The third kappa shape index (κ3) is 1.35. The topological polar surface area (TPSA) is 48.9 Å². The number of hydrogen-bond donors (Lipinski definition) is 2. The van der Waals surface area contributed by atoms with Crippen molar-refractivity contribution in [3.05, 3.63) is 48.0 Å². The Bertz CT molecular complexity index is 938. The SMILES string of the molecule is Cc1c2cc(O)ccc2nc2[nH]c3ccccc3c12. The standard InChI is InChI=1S/C16H12N2O/c1-9-12-8-10(19)6-7-14(12)18-16-15(9)11-4-2-3-5-13(11)17-16/h2-8,19H,1H3,(H,17,18). The summed E-state index contributed by atoms with van der Waals surface area (Å²) < 4.78 is 0. The number of nitrogens with zero attached hydrogens (tertiary/aromatic N) is 1. The molecule has 4 rings (SSSR count). The van der Waals surface area contributed by atoms with E-state index in [9.17, 15) is 5.11 Å². The molecule has 3 heteroatoms. The van der Waals surface area contributed by atoms with Crippen molar-refractivity contribution in [3.8, 4) is 5.75 Å². The van der Waals surface area contributed by atoms with Crippen molar-refractivity contribution in [3.63, 3.8) is 0 Å². The lowest BCUT2D eigenvalue weighted by Crippen LogP contribution is -1.85. The molecule has 0 aliphatic heterocycles. The molecule has 0 aliphatic rings. The second-order valence-electron chi connectivity index (χ2n) is 4.83. The first kappa shape index (κ1) is 10.4. The molecule has 0 atom stereocenters. The van der Waals surface area contributed by atoms with E-state index in [1.165, 1.54) is 5.39 Å². The Morgan fingerprint density at radius 3 is 2.79 bits per heavy atom. The van der Waals surface area contributed by atoms with Gasteiger partial charge in [0.15, 0.2) is 0 Å². The first-order valence-corrected chi connectivity index (χ1v) is 6.24. The van der Waals surface area contributed by atoms with Crippen molar-refractivity contribution in [1.29, 1.82) is 0 Å². The number of hydrogen-bond acceptors (Lipinski definition) is 2. The van der Waals surface area contributed by atoms with Gasteiger partial charge in [0.25, 0.3) is 0 Å². The van der Waals surface area contributed by atoms with E-state index in [2.05, 4.69) is 29.0 Å². The van der Waals surface area contributed by atoms with Crippen LogP contribution in [0.1, 0.15) is 5.56 Å². The zero-order valence-corrected chi connectivity index (χ0v) is 10.4. The van der Waals surface area contributed by atoms with Crippen LogP contribution >= 0.6 is 0 Å². The third-order valence-corrected chi connectivity index (χ3v) is 3.68. The zero-order valence-electron chi connectivity index (χ0n) is 10.4. The van der Waals surface area contributed by atoms with Gasteiger partial charge in [0.1, 0.15) is 11.4 Å². The highest BCUT2D eigenvalue weighted by atomic mass is 16.3. The average Bonchev–Trinajstić information content (AvgIpc) is 2.78. The Kier molecular flexibility index (Phi) is 1.90. The molecule has 3 nitrogen and oxygen atoms in total. The van der Waals surface area contributed by atoms with Gasteiger partial charge in [-0.2, -0.15) is 0 Å². The second kappa shape index (κ2) is 3.48. The number of benzene rings is 2. The first-order valence-electron chi connectivity index (χ1n) is 6.24. The number of fused-ring (bicyclic) bond motifs is 4. The van der Waals surface area contributed by atoms with Crippen molar-refractivity contribution >= 4 is 32.8 Å². The number of H-pyrrole nitrogens is 1. The number of phenols is 1. The van der Waals surface area contributed by atoms with Crippen molar-refractivity contribution in [2.24, 2.45) is 0 Å². The van der Waals surface area contributed by atoms with E-state index in [0.29, 0.717) is 0 Å². The normalized spacial score (nSPS) is 11.6. The third-order valence-electron chi connectivity index (χ3n) is 3.68. The number of phenolic OH excluding ortho intramolecular Hbond substituents is 1. The molecule has 0 fully saturated rings. The molecule has 2 aromatic heterocycles.